The van der Waals surface area contributed by atoms with E-state index < -0.39 is 20.8 Å². The van der Waals surface area contributed by atoms with Crippen LogP contribution in [0.3, 0.4) is 0 Å². The Morgan fingerprint density at radius 2 is 1.71 bits per heavy atom. The molecular weight excluding hydrogens is 322 g/mol. The topological polar surface area (TPSA) is 57.6 Å². The number of benzene rings is 2. The van der Waals surface area contributed by atoms with E-state index in [1.54, 1.807) is 26.8 Å². The van der Waals surface area contributed by atoms with E-state index in [0.29, 0.717) is 5.56 Å². The van der Waals surface area contributed by atoms with Gasteiger partial charge < -0.3 is 5.11 Å². The van der Waals surface area contributed by atoms with Gasteiger partial charge in [-0.05, 0) is 50.5 Å². The van der Waals surface area contributed by atoms with Gasteiger partial charge >= 0.3 is 0 Å². The van der Waals surface area contributed by atoms with Gasteiger partial charge in [-0.1, -0.05) is 36.4 Å². The number of phenols is 1. The highest BCUT2D eigenvalue weighted by Gasteiger charge is 2.45. The van der Waals surface area contributed by atoms with Gasteiger partial charge in [0.15, 0.2) is 0 Å². The van der Waals surface area contributed by atoms with Crippen LogP contribution in [0.2, 0.25) is 0 Å². The molecule has 0 saturated carbocycles. The van der Waals surface area contributed by atoms with Gasteiger partial charge in [0.1, 0.15) is 5.75 Å². The Bertz CT molecular complexity index is 867. The number of nitrogens with zero attached hydrogens (tertiary/aromatic N) is 1. The zero-order valence-corrected chi connectivity index (χ0v) is 15.3. The Kier molecular flexibility index (Phi) is 3.97. The fourth-order valence-electron chi connectivity index (χ4n) is 3.25. The Hall–Kier alpha value is -1.85. The van der Waals surface area contributed by atoms with Crippen LogP contribution in [0.1, 0.15) is 49.1 Å². The molecule has 0 aromatic heterocycles. The molecule has 5 heteroatoms. The number of rotatable bonds is 2. The maximum absolute atomic E-state index is 13.2. The predicted molar refractivity (Wildman–Crippen MR) is 95.3 cm³/mol. The van der Waals surface area contributed by atoms with Gasteiger partial charge in [-0.3, -0.25) is 0 Å². The molecule has 1 heterocycles. The zero-order valence-electron chi connectivity index (χ0n) is 14.4. The highest BCUT2D eigenvalue weighted by atomic mass is 32.2. The maximum Gasteiger partial charge on any atom is 0.220 e. The lowest BCUT2D eigenvalue weighted by molar-refractivity contribution is 0.369. The van der Waals surface area contributed by atoms with Crippen LogP contribution in [0.4, 0.5) is 0 Å². The van der Waals surface area contributed by atoms with Crippen molar-refractivity contribution in [3.8, 4) is 5.75 Å². The lowest BCUT2D eigenvalue weighted by Gasteiger charge is -2.32. The van der Waals surface area contributed by atoms with E-state index >= 15 is 0 Å². The molecule has 2 aromatic rings. The van der Waals surface area contributed by atoms with Crippen LogP contribution in [0.5, 0.6) is 5.75 Å². The van der Waals surface area contributed by atoms with E-state index in [1.807, 2.05) is 43.3 Å². The number of phenolic OH excluding ortho intramolecular Hbond substituents is 1. The number of hydrogen-bond acceptors (Lipinski definition) is 3. The summed E-state index contributed by atoms with van der Waals surface area (Å²) in [6, 6.07) is 12.7. The van der Waals surface area contributed by atoms with E-state index in [0.717, 1.165) is 16.7 Å². The van der Waals surface area contributed by atoms with Crippen molar-refractivity contribution in [1.82, 2.24) is 4.31 Å². The molecule has 24 heavy (non-hydrogen) atoms. The van der Waals surface area contributed by atoms with Crippen LogP contribution >= 0.6 is 0 Å². The fourth-order valence-corrected chi connectivity index (χ4v) is 4.76. The van der Waals surface area contributed by atoms with Crippen molar-refractivity contribution >= 4 is 10.0 Å². The average Bonchev–Trinajstić information content (AvgIpc) is 2.93. The second-order valence-corrected chi connectivity index (χ2v) is 9.91. The Morgan fingerprint density at radius 3 is 2.29 bits per heavy atom. The minimum absolute atomic E-state index is 0.156. The maximum atomic E-state index is 13.2. The summed E-state index contributed by atoms with van der Waals surface area (Å²) in [6.45, 7) is 7.28. The standard InChI is InChI=1S/C19H23NO3S/c1-13-10-11-16(21)15-12-20(24(22,23)19(2,3)4)18(17(13)15)14-8-6-5-7-9-14/h5-11,18,21H,12H2,1-4H3/t18-/m0/s1. The van der Waals surface area contributed by atoms with Gasteiger partial charge in [0.25, 0.3) is 0 Å². The number of hydrogen-bond donors (Lipinski definition) is 1. The molecule has 2 aromatic carbocycles. The van der Waals surface area contributed by atoms with Crippen molar-refractivity contribution in [2.45, 2.75) is 45.0 Å². The van der Waals surface area contributed by atoms with Crippen LogP contribution < -0.4 is 0 Å². The Balaban J connectivity index is 2.26. The Labute approximate surface area is 143 Å². The molecule has 0 unspecified atom stereocenters. The average molecular weight is 345 g/mol. The summed E-state index contributed by atoms with van der Waals surface area (Å²) in [4.78, 5) is 0. The van der Waals surface area contributed by atoms with Crippen LogP contribution in [0.25, 0.3) is 0 Å². The van der Waals surface area contributed by atoms with Crippen LogP contribution in [0.15, 0.2) is 42.5 Å². The van der Waals surface area contributed by atoms with Gasteiger partial charge in [0, 0.05) is 12.1 Å². The highest BCUT2D eigenvalue weighted by Crippen LogP contribution is 2.46. The number of sulfonamides is 1. The quantitative estimate of drug-likeness (QED) is 0.902. The molecule has 0 amide bonds. The van der Waals surface area contributed by atoms with E-state index in [9.17, 15) is 13.5 Å². The van der Waals surface area contributed by atoms with Gasteiger partial charge in [0.05, 0.1) is 10.8 Å². The minimum atomic E-state index is -3.55. The van der Waals surface area contributed by atoms with Crippen molar-refractivity contribution < 1.29 is 13.5 Å². The summed E-state index contributed by atoms with van der Waals surface area (Å²) in [6.07, 6.45) is 0. The third-order valence-corrected chi connectivity index (χ3v) is 7.13. The lowest BCUT2D eigenvalue weighted by Crippen LogP contribution is -2.42. The second-order valence-electron chi connectivity index (χ2n) is 7.27. The molecule has 0 saturated heterocycles. The van der Waals surface area contributed by atoms with E-state index in [4.69, 9.17) is 0 Å². The van der Waals surface area contributed by atoms with Crippen LogP contribution in [-0.2, 0) is 16.6 Å². The molecule has 4 nitrogen and oxygen atoms in total. The smallest absolute Gasteiger partial charge is 0.220 e. The third kappa shape index (κ3) is 2.52. The molecule has 0 aliphatic carbocycles. The van der Waals surface area contributed by atoms with E-state index in [-0.39, 0.29) is 12.3 Å². The first-order valence-electron chi connectivity index (χ1n) is 8.02. The van der Waals surface area contributed by atoms with E-state index in [2.05, 4.69) is 0 Å². The molecule has 1 N–H and O–H groups in total. The predicted octanol–water partition coefficient (Wildman–Crippen LogP) is 3.73. The highest BCUT2D eigenvalue weighted by molar-refractivity contribution is 7.90. The summed E-state index contributed by atoms with van der Waals surface area (Å²) in [5.41, 5.74) is 3.51. The molecule has 1 aliphatic rings. The van der Waals surface area contributed by atoms with Crippen molar-refractivity contribution in [3.63, 3.8) is 0 Å². The minimum Gasteiger partial charge on any atom is -0.508 e. The van der Waals surface area contributed by atoms with Crippen molar-refractivity contribution in [3.05, 3.63) is 64.7 Å². The summed E-state index contributed by atoms with van der Waals surface area (Å²) >= 11 is 0. The van der Waals surface area contributed by atoms with Gasteiger partial charge in [0.2, 0.25) is 10.0 Å². The number of aryl methyl sites for hydroxylation is 1. The molecule has 0 radical (unpaired) electrons. The largest absolute Gasteiger partial charge is 0.508 e. The van der Waals surface area contributed by atoms with Crippen LogP contribution in [0, 0.1) is 6.92 Å². The summed E-state index contributed by atoms with van der Waals surface area (Å²) in [5.74, 6) is 0.156. The molecular formula is C19H23NO3S. The van der Waals surface area contributed by atoms with Gasteiger partial charge in [-0.25, -0.2) is 8.42 Å². The van der Waals surface area contributed by atoms with Gasteiger partial charge in [-0.15, -0.1) is 0 Å². The molecule has 0 bridgehead atoms. The zero-order chi connectivity index (χ0) is 17.7. The summed E-state index contributed by atoms with van der Waals surface area (Å²) < 4.78 is 27.0. The first-order chi connectivity index (χ1) is 11.1. The van der Waals surface area contributed by atoms with E-state index in [1.165, 1.54) is 4.31 Å². The molecule has 128 valence electrons. The molecule has 0 spiro atoms. The third-order valence-electron chi connectivity index (χ3n) is 4.62. The molecule has 1 aliphatic heterocycles. The molecule has 1 atom stereocenters. The second kappa shape index (κ2) is 5.60. The Morgan fingerprint density at radius 1 is 1.08 bits per heavy atom. The summed E-state index contributed by atoms with van der Waals surface area (Å²) in [7, 11) is -3.55. The molecule has 3 rings (SSSR count). The van der Waals surface area contributed by atoms with Crippen LogP contribution in [-0.4, -0.2) is 22.6 Å². The summed E-state index contributed by atoms with van der Waals surface area (Å²) in [5, 5.41) is 10.3. The first kappa shape index (κ1) is 17.0. The van der Waals surface area contributed by atoms with Crippen molar-refractivity contribution in [2.75, 3.05) is 0 Å². The first-order valence-corrected chi connectivity index (χ1v) is 9.46. The number of aromatic hydroxyl groups is 1. The fraction of sp³-hybridized carbons (Fsp3) is 0.368. The molecule has 0 fully saturated rings. The number of fused-ring (bicyclic) bond motifs is 1. The van der Waals surface area contributed by atoms with Crippen molar-refractivity contribution in [2.24, 2.45) is 0 Å². The lowest BCUT2D eigenvalue weighted by atomic mass is 9.94. The van der Waals surface area contributed by atoms with Gasteiger partial charge in [-0.2, -0.15) is 4.31 Å². The SMILES string of the molecule is Cc1ccc(O)c2c1[C@H](c1ccccc1)N(S(=O)(=O)C(C)(C)C)C2. The monoisotopic (exact) mass is 345 g/mol. The van der Waals surface area contributed by atoms with Crippen molar-refractivity contribution in [1.29, 1.82) is 0 Å². The normalized spacial score (nSPS) is 18.6.